The highest BCUT2D eigenvalue weighted by atomic mass is 32.2. The van der Waals surface area contributed by atoms with Gasteiger partial charge in [-0.1, -0.05) is 31.4 Å². The first-order valence-electron chi connectivity index (χ1n) is 6.66. The second-order valence-electron chi connectivity index (χ2n) is 5.41. The molecule has 4 nitrogen and oxygen atoms in total. The Morgan fingerprint density at radius 2 is 1.84 bits per heavy atom. The van der Waals surface area contributed by atoms with Crippen molar-refractivity contribution < 1.29 is 13.5 Å². The van der Waals surface area contributed by atoms with Gasteiger partial charge < -0.3 is 10.4 Å². The summed E-state index contributed by atoms with van der Waals surface area (Å²) in [5.74, 6) is 0. The van der Waals surface area contributed by atoms with Gasteiger partial charge >= 0.3 is 0 Å². The van der Waals surface area contributed by atoms with Crippen LogP contribution in [0.1, 0.15) is 32.1 Å². The van der Waals surface area contributed by atoms with Gasteiger partial charge in [-0.15, -0.1) is 0 Å². The van der Waals surface area contributed by atoms with Crippen LogP contribution in [0, 0.1) is 0 Å². The van der Waals surface area contributed by atoms with Crippen LogP contribution in [-0.4, -0.2) is 31.9 Å². The molecular formula is C14H21NO3S. The van der Waals surface area contributed by atoms with Gasteiger partial charge in [0.05, 0.1) is 16.2 Å². The van der Waals surface area contributed by atoms with Crippen LogP contribution < -0.4 is 5.32 Å². The van der Waals surface area contributed by atoms with Crippen LogP contribution in [0.5, 0.6) is 0 Å². The first kappa shape index (κ1) is 14.3. The van der Waals surface area contributed by atoms with E-state index >= 15 is 0 Å². The lowest BCUT2D eigenvalue weighted by atomic mass is 9.85. The highest BCUT2D eigenvalue weighted by Crippen LogP contribution is 2.29. The SMILES string of the molecule is CS(=O)(=O)c1ccccc1NCC1(O)CCCCC1. The van der Waals surface area contributed by atoms with Gasteiger partial charge in [-0.05, 0) is 25.0 Å². The van der Waals surface area contributed by atoms with Gasteiger partial charge in [0, 0.05) is 12.8 Å². The smallest absolute Gasteiger partial charge is 0.177 e. The Morgan fingerprint density at radius 1 is 1.21 bits per heavy atom. The van der Waals surface area contributed by atoms with E-state index in [4.69, 9.17) is 0 Å². The number of aliphatic hydroxyl groups is 1. The second-order valence-corrected chi connectivity index (χ2v) is 7.39. The molecule has 1 aliphatic rings. The summed E-state index contributed by atoms with van der Waals surface area (Å²) in [6.07, 6.45) is 5.99. The molecule has 1 aliphatic carbocycles. The minimum absolute atomic E-state index is 0.286. The molecule has 2 N–H and O–H groups in total. The van der Waals surface area contributed by atoms with Crippen LogP contribution >= 0.6 is 0 Å². The maximum atomic E-state index is 11.7. The maximum absolute atomic E-state index is 11.7. The number of para-hydroxylation sites is 1. The molecule has 1 fully saturated rings. The molecule has 0 aromatic heterocycles. The van der Waals surface area contributed by atoms with Crippen LogP contribution in [0.2, 0.25) is 0 Å². The Kier molecular flexibility index (Phi) is 4.16. The number of sulfone groups is 1. The van der Waals surface area contributed by atoms with Gasteiger partial charge in [-0.25, -0.2) is 8.42 Å². The van der Waals surface area contributed by atoms with E-state index in [1.807, 2.05) is 0 Å². The summed E-state index contributed by atoms with van der Waals surface area (Å²) < 4.78 is 23.4. The molecule has 1 aromatic carbocycles. The summed E-state index contributed by atoms with van der Waals surface area (Å²) in [6.45, 7) is 0.402. The molecule has 0 aliphatic heterocycles. The second kappa shape index (κ2) is 5.51. The molecule has 0 heterocycles. The first-order chi connectivity index (χ1) is 8.91. The van der Waals surface area contributed by atoms with Crippen molar-refractivity contribution in [2.75, 3.05) is 18.1 Å². The maximum Gasteiger partial charge on any atom is 0.177 e. The summed E-state index contributed by atoms with van der Waals surface area (Å²) >= 11 is 0. The fourth-order valence-electron chi connectivity index (χ4n) is 2.58. The average Bonchev–Trinajstić information content (AvgIpc) is 2.37. The van der Waals surface area contributed by atoms with Crippen molar-refractivity contribution in [3.05, 3.63) is 24.3 Å². The molecule has 2 rings (SSSR count). The van der Waals surface area contributed by atoms with Crippen molar-refractivity contribution >= 4 is 15.5 Å². The zero-order valence-corrected chi connectivity index (χ0v) is 12.0. The Labute approximate surface area is 114 Å². The van der Waals surface area contributed by atoms with E-state index in [1.165, 1.54) is 12.7 Å². The van der Waals surface area contributed by atoms with Crippen molar-refractivity contribution in [2.24, 2.45) is 0 Å². The van der Waals surface area contributed by atoms with Crippen molar-refractivity contribution in [2.45, 2.75) is 42.6 Å². The zero-order valence-electron chi connectivity index (χ0n) is 11.2. The summed E-state index contributed by atoms with van der Waals surface area (Å²) in [5, 5.41) is 13.5. The molecule has 106 valence electrons. The van der Waals surface area contributed by atoms with Crippen molar-refractivity contribution in [1.29, 1.82) is 0 Å². The van der Waals surface area contributed by atoms with Gasteiger partial charge in [0.15, 0.2) is 9.84 Å². The molecule has 0 atom stereocenters. The predicted octanol–water partition coefficient (Wildman–Crippen LogP) is 2.20. The fourth-order valence-corrected chi connectivity index (χ4v) is 3.45. The van der Waals surface area contributed by atoms with Gasteiger partial charge in [0.25, 0.3) is 0 Å². The van der Waals surface area contributed by atoms with Crippen LogP contribution in [0.25, 0.3) is 0 Å². The van der Waals surface area contributed by atoms with E-state index < -0.39 is 15.4 Å². The Bertz CT molecular complexity index is 533. The van der Waals surface area contributed by atoms with Gasteiger partial charge in [0.1, 0.15) is 0 Å². The van der Waals surface area contributed by atoms with Crippen molar-refractivity contribution in [1.82, 2.24) is 0 Å². The Morgan fingerprint density at radius 3 is 2.47 bits per heavy atom. The minimum Gasteiger partial charge on any atom is -0.388 e. The molecule has 0 amide bonds. The molecular weight excluding hydrogens is 262 g/mol. The van der Waals surface area contributed by atoms with Crippen molar-refractivity contribution in [3.63, 3.8) is 0 Å². The average molecular weight is 283 g/mol. The number of nitrogens with one attached hydrogen (secondary N) is 1. The minimum atomic E-state index is -3.25. The molecule has 0 spiro atoms. The van der Waals surface area contributed by atoms with Gasteiger partial charge in [0.2, 0.25) is 0 Å². The van der Waals surface area contributed by atoms with E-state index in [1.54, 1.807) is 24.3 Å². The van der Waals surface area contributed by atoms with E-state index in [0.29, 0.717) is 12.2 Å². The number of benzene rings is 1. The van der Waals surface area contributed by atoms with Crippen LogP contribution in [0.4, 0.5) is 5.69 Å². The molecule has 1 saturated carbocycles. The molecule has 1 aromatic rings. The van der Waals surface area contributed by atoms with E-state index in [-0.39, 0.29) is 4.90 Å². The lowest BCUT2D eigenvalue weighted by Gasteiger charge is -2.32. The van der Waals surface area contributed by atoms with Gasteiger partial charge in [-0.3, -0.25) is 0 Å². The topological polar surface area (TPSA) is 66.4 Å². The fraction of sp³-hybridized carbons (Fsp3) is 0.571. The lowest BCUT2D eigenvalue weighted by Crippen LogP contribution is -2.39. The third-order valence-corrected chi connectivity index (χ3v) is 4.83. The van der Waals surface area contributed by atoms with Crippen LogP contribution in [0.15, 0.2) is 29.2 Å². The third-order valence-electron chi connectivity index (χ3n) is 3.68. The monoisotopic (exact) mass is 283 g/mol. The Hall–Kier alpha value is -1.07. The van der Waals surface area contributed by atoms with Gasteiger partial charge in [-0.2, -0.15) is 0 Å². The molecule has 0 bridgehead atoms. The molecule has 19 heavy (non-hydrogen) atoms. The highest BCUT2D eigenvalue weighted by Gasteiger charge is 2.29. The summed E-state index contributed by atoms with van der Waals surface area (Å²) in [7, 11) is -3.25. The summed E-state index contributed by atoms with van der Waals surface area (Å²) in [5.41, 5.74) is -0.132. The number of rotatable bonds is 4. The standard InChI is InChI=1S/C14H21NO3S/c1-19(17,18)13-8-4-3-7-12(13)15-11-14(16)9-5-2-6-10-14/h3-4,7-8,15-16H,2,5-6,9-11H2,1H3. The summed E-state index contributed by atoms with van der Waals surface area (Å²) in [6, 6.07) is 6.82. The van der Waals surface area contributed by atoms with Crippen LogP contribution in [0.3, 0.4) is 0 Å². The quantitative estimate of drug-likeness (QED) is 0.889. The molecule has 0 saturated heterocycles. The molecule has 0 radical (unpaired) electrons. The number of hydrogen-bond donors (Lipinski definition) is 2. The number of hydrogen-bond acceptors (Lipinski definition) is 4. The predicted molar refractivity (Wildman–Crippen MR) is 76.1 cm³/mol. The normalized spacial score (nSPS) is 19.1. The van der Waals surface area contributed by atoms with E-state index in [0.717, 1.165) is 25.7 Å². The molecule has 5 heteroatoms. The van der Waals surface area contributed by atoms with E-state index in [9.17, 15) is 13.5 Å². The summed E-state index contributed by atoms with van der Waals surface area (Å²) in [4.78, 5) is 0.286. The molecule has 0 unspecified atom stereocenters. The van der Waals surface area contributed by atoms with E-state index in [2.05, 4.69) is 5.32 Å². The van der Waals surface area contributed by atoms with Crippen molar-refractivity contribution in [3.8, 4) is 0 Å². The third kappa shape index (κ3) is 3.70. The largest absolute Gasteiger partial charge is 0.388 e. The first-order valence-corrected chi connectivity index (χ1v) is 8.55. The zero-order chi connectivity index (χ0) is 13.9. The Balaban J connectivity index is 2.12. The number of anilines is 1. The van der Waals surface area contributed by atoms with Crippen LogP contribution in [-0.2, 0) is 9.84 Å². The lowest BCUT2D eigenvalue weighted by molar-refractivity contribution is 0.0167. The highest BCUT2D eigenvalue weighted by molar-refractivity contribution is 7.90.